The number of aliphatic hydroxyl groups is 2. The van der Waals surface area contributed by atoms with Crippen molar-refractivity contribution >= 4 is 5.69 Å². The van der Waals surface area contributed by atoms with Crippen LogP contribution in [0, 0.1) is 0 Å². The van der Waals surface area contributed by atoms with Crippen molar-refractivity contribution in [2.75, 3.05) is 18.5 Å². The highest BCUT2D eigenvalue weighted by Crippen LogP contribution is 2.13. The molecule has 0 saturated carbocycles. The lowest BCUT2D eigenvalue weighted by Gasteiger charge is -2.27. The highest BCUT2D eigenvalue weighted by Gasteiger charge is 2.21. The van der Waals surface area contributed by atoms with E-state index in [0.29, 0.717) is 6.54 Å². The molecule has 1 heterocycles. The molecule has 0 amide bonds. The molecule has 0 spiro atoms. The highest BCUT2D eigenvalue weighted by atomic mass is 16.3. The van der Waals surface area contributed by atoms with Crippen LogP contribution in [0.15, 0.2) is 18.3 Å². The predicted octanol–water partition coefficient (Wildman–Crippen LogP) is -0.305. The van der Waals surface area contributed by atoms with E-state index in [2.05, 4.69) is 10.3 Å². The van der Waals surface area contributed by atoms with Crippen molar-refractivity contribution in [3.05, 3.63) is 24.0 Å². The molecule has 5 heteroatoms. The van der Waals surface area contributed by atoms with Crippen LogP contribution in [0.25, 0.3) is 0 Å². The summed E-state index contributed by atoms with van der Waals surface area (Å²) in [6.45, 7) is 1.83. The average Bonchev–Trinajstić information content (AvgIpc) is 2.30. The molecular formula is C10H17N3O2. The van der Waals surface area contributed by atoms with Gasteiger partial charge >= 0.3 is 0 Å². The summed E-state index contributed by atoms with van der Waals surface area (Å²) in [5, 5.41) is 21.2. The van der Waals surface area contributed by atoms with E-state index in [4.69, 9.17) is 15.9 Å². The molecule has 0 atom stereocenters. The summed E-state index contributed by atoms with van der Waals surface area (Å²) in [6.07, 6.45) is 1.63. The van der Waals surface area contributed by atoms with Gasteiger partial charge in [-0.25, -0.2) is 0 Å². The zero-order chi connectivity index (χ0) is 11.3. The minimum Gasteiger partial charge on any atom is -0.394 e. The van der Waals surface area contributed by atoms with Crippen molar-refractivity contribution in [1.82, 2.24) is 4.98 Å². The van der Waals surface area contributed by atoms with Gasteiger partial charge < -0.3 is 21.3 Å². The standard InChI is InChI=1S/C10H17N3O2/c1-10(6-14,7-15)13-9-3-2-8(4-11)12-5-9/h2-3,5,13-15H,4,6-7,11H2,1H3. The molecule has 0 fully saturated rings. The maximum atomic E-state index is 9.08. The van der Waals surface area contributed by atoms with Crippen LogP contribution in [0.5, 0.6) is 0 Å². The molecule has 1 aromatic heterocycles. The second kappa shape index (κ2) is 5.06. The smallest absolute Gasteiger partial charge is 0.0806 e. The van der Waals surface area contributed by atoms with Crippen molar-refractivity contribution in [3.8, 4) is 0 Å². The van der Waals surface area contributed by atoms with Crippen LogP contribution in [0.2, 0.25) is 0 Å². The number of hydrogen-bond acceptors (Lipinski definition) is 5. The molecule has 5 nitrogen and oxygen atoms in total. The Labute approximate surface area is 89.0 Å². The lowest BCUT2D eigenvalue weighted by Crippen LogP contribution is -2.42. The van der Waals surface area contributed by atoms with Gasteiger partial charge in [0.2, 0.25) is 0 Å². The van der Waals surface area contributed by atoms with Crippen molar-refractivity contribution in [3.63, 3.8) is 0 Å². The van der Waals surface area contributed by atoms with Crippen molar-refractivity contribution < 1.29 is 10.2 Å². The van der Waals surface area contributed by atoms with Crippen LogP contribution < -0.4 is 11.1 Å². The van der Waals surface area contributed by atoms with Gasteiger partial charge in [0.1, 0.15) is 0 Å². The molecule has 0 unspecified atom stereocenters. The highest BCUT2D eigenvalue weighted by molar-refractivity contribution is 5.43. The molecule has 84 valence electrons. The monoisotopic (exact) mass is 211 g/mol. The van der Waals surface area contributed by atoms with E-state index < -0.39 is 5.54 Å². The minimum atomic E-state index is -0.730. The molecule has 0 radical (unpaired) electrons. The Hall–Kier alpha value is -1.17. The lowest BCUT2D eigenvalue weighted by molar-refractivity contribution is 0.147. The number of aliphatic hydroxyl groups excluding tert-OH is 2. The maximum absolute atomic E-state index is 9.08. The average molecular weight is 211 g/mol. The zero-order valence-electron chi connectivity index (χ0n) is 8.77. The first-order valence-electron chi connectivity index (χ1n) is 4.78. The Morgan fingerprint density at radius 2 is 2.07 bits per heavy atom. The number of anilines is 1. The van der Waals surface area contributed by atoms with Crippen LogP contribution in [-0.4, -0.2) is 33.9 Å². The van der Waals surface area contributed by atoms with E-state index in [1.54, 1.807) is 19.2 Å². The summed E-state index contributed by atoms with van der Waals surface area (Å²) in [5.41, 5.74) is 6.24. The minimum absolute atomic E-state index is 0.151. The Balaban J connectivity index is 2.71. The van der Waals surface area contributed by atoms with Gasteiger partial charge in [0.15, 0.2) is 0 Å². The fraction of sp³-hybridized carbons (Fsp3) is 0.500. The normalized spacial score (nSPS) is 11.5. The van der Waals surface area contributed by atoms with Gasteiger partial charge in [0, 0.05) is 6.54 Å². The number of pyridine rings is 1. The molecule has 1 aromatic rings. The summed E-state index contributed by atoms with van der Waals surface area (Å²) in [6, 6.07) is 3.62. The zero-order valence-corrected chi connectivity index (χ0v) is 8.77. The third-order valence-electron chi connectivity index (χ3n) is 2.18. The second-order valence-corrected chi connectivity index (χ2v) is 3.74. The molecule has 15 heavy (non-hydrogen) atoms. The van der Waals surface area contributed by atoms with Crippen LogP contribution in [0.1, 0.15) is 12.6 Å². The van der Waals surface area contributed by atoms with Crippen molar-refractivity contribution in [1.29, 1.82) is 0 Å². The van der Waals surface area contributed by atoms with E-state index in [1.165, 1.54) is 0 Å². The summed E-state index contributed by atoms with van der Waals surface area (Å²) in [7, 11) is 0. The van der Waals surface area contributed by atoms with E-state index in [9.17, 15) is 0 Å². The van der Waals surface area contributed by atoms with Gasteiger partial charge in [-0.2, -0.15) is 0 Å². The van der Waals surface area contributed by atoms with E-state index in [-0.39, 0.29) is 13.2 Å². The van der Waals surface area contributed by atoms with Crippen LogP contribution >= 0.6 is 0 Å². The fourth-order valence-corrected chi connectivity index (χ4v) is 1.10. The van der Waals surface area contributed by atoms with Crippen molar-refractivity contribution in [2.24, 2.45) is 5.73 Å². The first-order valence-corrected chi connectivity index (χ1v) is 4.78. The molecule has 1 rings (SSSR count). The van der Waals surface area contributed by atoms with E-state index in [1.807, 2.05) is 6.07 Å². The largest absolute Gasteiger partial charge is 0.394 e. The second-order valence-electron chi connectivity index (χ2n) is 3.74. The molecule has 0 bridgehead atoms. The SMILES string of the molecule is CC(CO)(CO)Nc1ccc(CN)nc1. The van der Waals surface area contributed by atoms with Gasteiger partial charge in [0.05, 0.1) is 36.3 Å². The Morgan fingerprint density at radius 3 is 2.47 bits per heavy atom. The molecule has 0 aliphatic carbocycles. The number of rotatable bonds is 5. The molecule has 0 aliphatic rings. The predicted molar refractivity (Wildman–Crippen MR) is 58.3 cm³/mol. The first kappa shape index (κ1) is 11.9. The summed E-state index contributed by atoms with van der Waals surface area (Å²) >= 11 is 0. The van der Waals surface area contributed by atoms with Gasteiger partial charge in [-0.15, -0.1) is 0 Å². The van der Waals surface area contributed by atoms with Crippen LogP contribution in [0.4, 0.5) is 5.69 Å². The Morgan fingerprint density at radius 1 is 1.40 bits per heavy atom. The lowest BCUT2D eigenvalue weighted by atomic mass is 10.1. The summed E-state index contributed by atoms with van der Waals surface area (Å²) < 4.78 is 0. The number of nitrogens with one attached hydrogen (secondary N) is 1. The molecule has 0 aromatic carbocycles. The molecule has 5 N–H and O–H groups in total. The molecule has 0 saturated heterocycles. The van der Waals surface area contributed by atoms with Crippen LogP contribution in [0.3, 0.4) is 0 Å². The van der Waals surface area contributed by atoms with Crippen molar-refractivity contribution in [2.45, 2.75) is 19.0 Å². The summed E-state index contributed by atoms with van der Waals surface area (Å²) in [5.74, 6) is 0. The molecular weight excluding hydrogens is 194 g/mol. The number of hydrogen-bond donors (Lipinski definition) is 4. The third-order valence-corrected chi connectivity index (χ3v) is 2.18. The van der Waals surface area contributed by atoms with E-state index in [0.717, 1.165) is 11.4 Å². The van der Waals surface area contributed by atoms with Crippen LogP contribution in [-0.2, 0) is 6.54 Å². The number of nitrogens with two attached hydrogens (primary N) is 1. The number of nitrogens with zero attached hydrogens (tertiary/aromatic N) is 1. The van der Waals surface area contributed by atoms with Gasteiger partial charge in [-0.3, -0.25) is 4.98 Å². The number of aromatic nitrogens is 1. The fourth-order valence-electron chi connectivity index (χ4n) is 1.10. The summed E-state index contributed by atoms with van der Waals surface area (Å²) in [4.78, 5) is 4.10. The quantitative estimate of drug-likeness (QED) is 0.536. The topological polar surface area (TPSA) is 91.4 Å². The Kier molecular flexibility index (Phi) is 4.02. The van der Waals surface area contributed by atoms with Gasteiger partial charge in [-0.05, 0) is 19.1 Å². The molecule has 0 aliphatic heterocycles. The maximum Gasteiger partial charge on any atom is 0.0806 e. The first-order chi connectivity index (χ1) is 7.13. The van der Waals surface area contributed by atoms with Gasteiger partial charge in [-0.1, -0.05) is 0 Å². The van der Waals surface area contributed by atoms with E-state index >= 15 is 0 Å². The van der Waals surface area contributed by atoms with Gasteiger partial charge in [0.25, 0.3) is 0 Å². The third kappa shape index (κ3) is 3.16. The Bertz CT molecular complexity index is 296.